The zero-order valence-corrected chi connectivity index (χ0v) is 13.7. The molecule has 22 heavy (non-hydrogen) atoms. The van der Waals surface area contributed by atoms with Crippen LogP contribution in [0.1, 0.15) is 12.5 Å². The monoisotopic (exact) mass is 321 g/mol. The molecule has 1 atom stereocenters. The van der Waals surface area contributed by atoms with Crippen LogP contribution in [0, 0.1) is 0 Å². The number of carbonyl (C=O) groups is 2. The molecular formula is C16H23N3O2S. The van der Waals surface area contributed by atoms with Crippen molar-refractivity contribution in [3.8, 4) is 0 Å². The highest BCUT2D eigenvalue weighted by molar-refractivity contribution is 8.13. The van der Waals surface area contributed by atoms with E-state index in [1.165, 1.54) is 11.8 Å². The fraction of sp³-hybridized carbons (Fsp3) is 0.500. The number of hydrogen-bond acceptors (Lipinski definition) is 4. The normalized spacial score (nSPS) is 16.1. The lowest BCUT2D eigenvalue weighted by Gasteiger charge is -2.29. The number of benzene rings is 1. The molecule has 1 aliphatic heterocycles. The quantitative estimate of drug-likeness (QED) is 0.863. The molecule has 1 aromatic carbocycles. The Hall–Kier alpha value is -1.53. The van der Waals surface area contributed by atoms with E-state index >= 15 is 0 Å². The summed E-state index contributed by atoms with van der Waals surface area (Å²) in [5.41, 5.74) is 1.16. The molecule has 0 aliphatic carbocycles. The fourth-order valence-corrected chi connectivity index (χ4v) is 3.04. The number of carbonyl (C=O) groups excluding carboxylic acids is 2. The van der Waals surface area contributed by atoms with Crippen molar-refractivity contribution in [2.24, 2.45) is 0 Å². The summed E-state index contributed by atoms with van der Waals surface area (Å²) in [6, 6.07) is 9.96. The lowest BCUT2D eigenvalue weighted by atomic mass is 10.1. The Bertz CT molecular complexity index is 489. The van der Waals surface area contributed by atoms with Crippen LogP contribution in [0.15, 0.2) is 30.3 Å². The average molecular weight is 321 g/mol. The van der Waals surface area contributed by atoms with Gasteiger partial charge in [0.1, 0.15) is 0 Å². The largest absolute Gasteiger partial charge is 0.334 e. The summed E-state index contributed by atoms with van der Waals surface area (Å²) < 4.78 is 0. The Balaban J connectivity index is 1.93. The Morgan fingerprint density at radius 3 is 2.59 bits per heavy atom. The SMILES string of the molecule is CC(=O)SCC(Cc1ccccc1)NC(=O)N1CCNCC1. The van der Waals surface area contributed by atoms with E-state index in [1.807, 2.05) is 35.2 Å². The molecule has 1 aliphatic rings. The third kappa shape index (κ3) is 5.69. The smallest absolute Gasteiger partial charge is 0.317 e. The molecule has 1 aromatic rings. The van der Waals surface area contributed by atoms with Crippen LogP contribution in [0.4, 0.5) is 4.79 Å². The van der Waals surface area contributed by atoms with E-state index in [9.17, 15) is 9.59 Å². The first-order chi connectivity index (χ1) is 10.6. The molecule has 2 rings (SSSR count). The average Bonchev–Trinajstić information content (AvgIpc) is 2.54. The van der Waals surface area contributed by atoms with Crippen LogP contribution in [0.2, 0.25) is 0 Å². The van der Waals surface area contributed by atoms with Crippen molar-refractivity contribution >= 4 is 22.9 Å². The van der Waals surface area contributed by atoms with Gasteiger partial charge in [-0.25, -0.2) is 4.79 Å². The van der Waals surface area contributed by atoms with Crippen molar-refractivity contribution in [2.75, 3.05) is 31.9 Å². The van der Waals surface area contributed by atoms with E-state index in [4.69, 9.17) is 0 Å². The number of rotatable bonds is 5. The van der Waals surface area contributed by atoms with Gasteiger partial charge in [-0.2, -0.15) is 0 Å². The molecule has 0 bridgehead atoms. The first-order valence-corrected chi connectivity index (χ1v) is 8.57. The van der Waals surface area contributed by atoms with Gasteiger partial charge < -0.3 is 15.5 Å². The van der Waals surface area contributed by atoms with Crippen molar-refractivity contribution in [1.82, 2.24) is 15.5 Å². The molecule has 0 saturated carbocycles. The van der Waals surface area contributed by atoms with E-state index in [2.05, 4.69) is 10.6 Å². The molecule has 1 unspecified atom stereocenters. The minimum absolute atomic E-state index is 0.0356. The summed E-state index contributed by atoms with van der Waals surface area (Å²) in [4.78, 5) is 25.4. The van der Waals surface area contributed by atoms with Gasteiger partial charge in [0.25, 0.3) is 0 Å². The van der Waals surface area contributed by atoms with Gasteiger partial charge >= 0.3 is 6.03 Å². The zero-order chi connectivity index (χ0) is 15.8. The maximum Gasteiger partial charge on any atom is 0.317 e. The van der Waals surface area contributed by atoms with E-state index in [0.717, 1.165) is 38.2 Å². The zero-order valence-electron chi connectivity index (χ0n) is 12.9. The van der Waals surface area contributed by atoms with E-state index in [0.29, 0.717) is 5.75 Å². The summed E-state index contributed by atoms with van der Waals surface area (Å²) in [6.07, 6.45) is 0.735. The Kier molecular flexibility index (Phi) is 6.74. The Labute approximate surface area is 135 Å². The van der Waals surface area contributed by atoms with Gasteiger partial charge in [0.05, 0.1) is 0 Å². The molecular weight excluding hydrogens is 298 g/mol. The summed E-state index contributed by atoms with van der Waals surface area (Å²) in [5.74, 6) is 0.599. The van der Waals surface area contributed by atoms with E-state index in [1.54, 1.807) is 6.92 Å². The molecule has 2 amide bonds. The first-order valence-electron chi connectivity index (χ1n) is 7.58. The van der Waals surface area contributed by atoms with Gasteiger partial charge in [0, 0.05) is 44.9 Å². The Morgan fingerprint density at radius 1 is 1.27 bits per heavy atom. The number of amides is 2. The predicted molar refractivity (Wildman–Crippen MR) is 90.0 cm³/mol. The topological polar surface area (TPSA) is 61.4 Å². The molecule has 6 heteroatoms. The van der Waals surface area contributed by atoms with Gasteiger partial charge in [0.2, 0.25) is 0 Å². The molecule has 0 spiro atoms. The molecule has 1 saturated heterocycles. The second kappa shape index (κ2) is 8.80. The summed E-state index contributed by atoms with van der Waals surface area (Å²) in [7, 11) is 0. The third-order valence-electron chi connectivity index (χ3n) is 3.54. The molecule has 1 fully saturated rings. The van der Waals surface area contributed by atoms with Crippen LogP contribution in [0.5, 0.6) is 0 Å². The highest BCUT2D eigenvalue weighted by Crippen LogP contribution is 2.10. The first kappa shape index (κ1) is 16.8. The minimum atomic E-state index is -0.0429. The summed E-state index contributed by atoms with van der Waals surface area (Å²) >= 11 is 1.26. The molecule has 2 N–H and O–H groups in total. The molecule has 0 aromatic heterocycles. The highest BCUT2D eigenvalue weighted by Gasteiger charge is 2.20. The van der Waals surface area contributed by atoms with Crippen LogP contribution >= 0.6 is 11.8 Å². The number of thioether (sulfide) groups is 1. The van der Waals surface area contributed by atoms with Crippen molar-refractivity contribution in [3.05, 3.63) is 35.9 Å². The van der Waals surface area contributed by atoms with Crippen LogP contribution < -0.4 is 10.6 Å². The molecule has 0 radical (unpaired) electrons. The van der Waals surface area contributed by atoms with Gasteiger partial charge in [-0.15, -0.1) is 0 Å². The standard InChI is InChI=1S/C16H23N3O2S/c1-13(20)22-12-15(11-14-5-3-2-4-6-14)18-16(21)19-9-7-17-8-10-19/h2-6,15,17H,7-12H2,1H3,(H,18,21). The lowest BCUT2D eigenvalue weighted by molar-refractivity contribution is -0.109. The van der Waals surface area contributed by atoms with Crippen molar-refractivity contribution in [1.29, 1.82) is 0 Å². The molecule has 5 nitrogen and oxygen atoms in total. The van der Waals surface area contributed by atoms with Gasteiger partial charge in [-0.3, -0.25) is 4.79 Å². The van der Waals surface area contributed by atoms with E-state index in [-0.39, 0.29) is 17.2 Å². The van der Waals surface area contributed by atoms with Gasteiger partial charge in [-0.05, 0) is 12.0 Å². The van der Waals surface area contributed by atoms with Crippen LogP contribution in [0.3, 0.4) is 0 Å². The van der Waals surface area contributed by atoms with E-state index < -0.39 is 0 Å². The van der Waals surface area contributed by atoms with Crippen LogP contribution in [0.25, 0.3) is 0 Å². The van der Waals surface area contributed by atoms with Gasteiger partial charge in [0.15, 0.2) is 5.12 Å². The minimum Gasteiger partial charge on any atom is -0.334 e. The highest BCUT2D eigenvalue weighted by atomic mass is 32.2. The van der Waals surface area contributed by atoms with Crippen LogP contribution in [-0.2, 0) is 11.2 Å². The Morgan fingerprint density at radius 2 is 1.95 bits per heavy atom. The number of piperazine rings is 1. The predicted octanol–water partition coefficient (Wildman–Crippen LogP) is 1.49. The fourth-order valence-electron chi connectivity index (χ4n) is 2.40. The number of nitrogens with zero attached hydrogens (tertiary/aromatic N) is 1. The summed E-state index contributed by atoms with van der Waals surface area (Å²) in [6.45, 7) is 4.67. The molecule has 120 valence electrons. The van der Waals surface area contributed by atoms with Crippen molar-refractivity contribution < 1.29 is 9.59 Å². The maximum absolute atomic E-state index is 12.3. The number of hydrogen-bond donors (Lipinski definition) is 2. The maximum atomic E-state index is 12.3. The third-order valence-corrected chi connectivity index (χ3v) is 4.52. The van der Waals surface area contributed by atoms with Crippen molar-refractivity contribution in [3.63, 3.8) is 0 Å². The van der Waals surface area contributed by atoms with Crippen LogP contribution in [-0.4, -0.2) is 54.0 Å². The molecule has 1 heterocycles. The number of nitrogens with one attached hydrogen (secondary N) is 2. The van der Waals surface area contributed by atoms with Crippen molar-refractivity contribution in [2.45, 2.75) is 19.4 Å². The second-order valence-corrected chi connectivity index (χ2v) is 6.57. The summed E-state index contributed by atoms with van der Waals surface area (Å²) in [5, 5.41) is 6.39. The lowest BCUT2D eigenvalue weighted by Crippen LogP contribution is -2.53. The number of urea groups is 1. The second-order valence-electron chi connectivity index (χ2n) is 5.38. The van der Waals surface area contributed by atoms with Gasteiger partial charge in [-0.1, -0.05) is 42.1 Å².